The lowest BCUT2D eigenvalue weighted by molar-refractivity contribution is -0.130. The third kappa shape index (κ3) is 10.1. The molecule has 0 bridgehead atoms. The zero-order chi connectivity index (χ0) is 37.3. The molecule has 51 heavy (non-hydrogen) atoms. The molecule has 0 radical (unpaired) electrons. The molecule has 13 nitrogen and oxygen atoms in total. The molecule has 0 aliphatic carbocycles. The van der Waals surface area contributed by atoms with Crippen LogP contribution >= 0.6 is 0 Å². The van der Waals surface area contributed by atoms with Gasteiger partial charge in [0, 0.05) is 18.8 Å². The number of aliphatic hydroxyl groups is 1. The second-order valence-electron chi connectivity index (χ2n) is 13.3. The van der Waals surface area contributed by atoms with E-state index in [-0.39, 0.29) is 30.3 Å². The summed E-state index contributed by atoms with van der Waals surface area (Å²) in [5.41, 5.74) is 1.28. The first-order valence-electron chi connectivity index (χ1n) is 16.8. The number of hydrogen-bond acceptors (Lipinski definition) is 8. The second-order valence-corrected chi connectivity index (χ2v) is 15.2. The standard InChI is InChI=1S/C37H47N5O8S/c1-25(2)21-40(51(48,49)30-18-16-29(50-5)17-19-30)22-32(43)31(20-27-12-8-6-9-13-27)39-36(46)35(26(3)4)42-24-34(45)41(37(42)47)23-33(44)38-28-14-10-7-11-15-28/h6-19,25-26,31-32,35,43H,20-24H2,1-5H3,(H,38,44)(H,39,46)/t31-,32+,35-/m0/s1. The maximum Gasteiger partial charge on any atom is 0.328 e. The number of anilines is 1. The van der Waals surface area contributed by atoms with Crippen LogP contribution in [0.5, 0.6) is 5.75 Å². The summed E-state index contributed by atoms with van der Waals surface area (Å²) in [5, 5.41) is 17.2. The topological polar surface area (TPSA) is 166 Å². The summed E-state index contributed by atoms with van der Waals surface area (Å²) in [5.74, 6) is -1.90. The number of urea groups is 1. The number of ether oxygens (including phenoxy) is 1. The van der Waals surface area contributed by atoms with Gasteiger partial charge in [0.2, 0.25) is 21.8 Å². The van der Waals surface area contributed by atoms with E-state index in [1.165, 1.54) is 23.5 Å². The minimum Gasteiger partial charge on any atom is -0.497 e. The lowest BCUT2D eigenvalue weighted by atomic mass is 9.97. The summed E-state index contributed by atoms with van der Waals surface area (Å²) in [7, 11) is -2.59. The fourth-order valence-corrected chi connectivity index (χ4v) is 7.55. The van der Waals surface area contributed by atoms with E-state index in [0.29, 0.717) is 11.4 Å². The van der Waals surface area contributed by atoms with E-state index in [1.807, 2.05) is 44.2 Å². The highest BCUT2D eigenvalue weighted by Crippen LogP contribution is 2.23. The largest absolute Gasteiger partial charge is 0.497 e. The molecule has 0 unspecified atom stereocenters. The van der Waals surface area contributed by atoms with Crippen LogP contribution in [0.15, 0.2) is 89.8 Å². The molecule has 5 amide bonds. The Bertz CT molecular complexity index is 1750. The molecule has 4 rings (SSSR count). The third-order valence-corrected chi connectivity index (χ3v) is 10.3. The lowest BCUT2D eigenvalue weighted by Gasteiger charge is -2.34. The Hall–Kier alpha value is -4.79. The van der Waals surface area contributed by atoms with Crippen molar-refractivity contribution >= 4 is 39.5 Å². The molecule has 3 atom stereocenters. The van der Waals surface area contributed by atoms with Gasteiger partial charge in [-0.1, -0.05) is 76.2 Å². The maximum atomic E-state index is 14.1. The first-order valence-corrected chi connectivity index (χ1v) is 18.3. The first kappa shape index (κ1) is 39.0. The molecular formula is C37H47N5O8S. The van der Waals surface area contributed by atoms with Gasteiger partial charge in [0.25, 0.3) is 5.91 Å². The molecule has 14 heteroatoms. The number of amides is 5. The molecule has 1 aliphatic rings. The average molecular weight is 722 g/mol. The van der Waals surface area contributed by atoms with Gasteiger partial charge in [-0.25, -0.2) is 13.2 Å². The monoisotopic (exact) mass is 721 g/mol. The van der Waals surface area contributed by atoms with Crippen molar-refractivity contribution in [2.24, 2.45) is 11.8 Å². The van der Waals surface area contributed by atoms with E-state index >= 15 is 0 Å². The van der Waals surface area contributed by atoms with Crippen molar-refractivity contribution in [1.29, 1.82) is 0 Å². The second kappa shape index (κ2) is 17.4. The molecule has 1 fully saturated rings. The van der Waals surface area contributed by atoms with Gasteiger partial charge < -0.3 is 25.4 Å². The highest BCUT2D eigenvalue weighted by molar-refractivity contribution is 7.89. The van der Waals surface area contributed by atoms with Crippen molar-refractivity contribution in [3.8, 4) is 5.75 Å². The number of sulfonamides is 1. The van der Waals surface area contributed by atoms with E-state index in [1.54, 1.807) is 56.3 Å². The van der Waals surface area contributed by atoms with Crippen molar-refractivity contribution in [2.45, 2.75) is 57.2 Å². The number of para-hydroxylation sites is 1. The fraction of sp³-hybridized carbons (Fsp3) is 0.405. The molecule has 1 saturated heterocycles. The quantitative estimate of drug-likeness (QED) is 0.179. The highest BCUT2D eigenvalue weighted by atomic mass is 32.2. The molecule has 274 valence electrons. The van der Waals surface area contributed by atoms with Crippen LogP contribution in [0.1, 0.15) is 33.3 Å². The number of nitrogens with zero attached hydrogens (tertiary/aromatic N) is 3. The molecule has 1 heterocycles. The van der Waals surface area contributed by atoms with Gasteiger partial charge in [0.15, 0.2) is 0 Å². The number of methoxy groups -OCH3 is 1. The van der Waals surface area contributed by atoms with Crippen LogP contribution in [0.3, 0.4) is 0 Å². The predicted molar refractivity (Wildman–Crippen MR) is 192 cm³/mol. The van der Waals surface area contributed by atoms with Crippen molar-refractivity contribution < 1.29 is 37.4 Å². The number of imide groups is 1. The van der Waals surface area contributed by atoms with Crippen LogP contribution in [0.4, 0.5) is 10.5 Å². The van der Waals surface area contributed by atoms with E-state index in [2.05, 4.69) is 10.6 Å². The summed E-state index contributed by atoms with van der Waals surface area (Å²) < 4.78 is 34.0. The van der Waals surface area contributed by atoms with Crippen LogP contribution in [0, 0.1) is 11.8 Å². The van der Waals surface area contributed by atoms with Gasteiger partial charge in [-0.05, 0) is 60.2 Å². The zero-order valence-electron chi connectivity index (χ0n) is 29.6. The summed E-state index contributed by atoms with van der Waals surface area (Å²) in [6.07, 6.45) is -1.22. The number of aliphatic hydroxyl groups excluding tert-OH is 1. The Morgan fingerprint density at radius 3 is 2.08 bits per heavy atom. The predicted octanol–water partition coefficient (Wildman–Crippen LogP) is 3.36. The van der Waals surface area contributed by atoms with Gasteiger partial charge in [-0.3, -0.25) is 19.3 Å². The summed E-state index contributed by atoms with van der Waals surface area (Å²) in [4.78, 5) is 55.3. The Morgan fingerprint density at radius 2 is 1.51 bits per heavy atom. The summed E-state index contributed by atoms with van der Waals surface area (Å²) >= 11 is 0. The van der Waals surface area contributed by atoms with Gasteiger partial charge in [-0.15, -0.1) is 0 Å². The number of rotatable bonds is 17. The van der Waals surface area contributed by atoms with E-state index in [0.717, 1.165) is 15.4 Å². The Labute approximate surface area is 299 Å². The Kier molecular flexibility index (Phi) is 13.3. The Balaban J connectivity index is 1.56. The number of carbonyl (C=O) groups is 4. The fourth-order valence-electron chi connectivity index (χ4n) is 5.93. The molecule has 0 saturated carbocycles. The average Bonchev–Trinajstić information content (AvgIpc) is 3.35. The normalized spacial score (nSPS) is 15.3. The van der Waals surface area contributed by atoms with Crippen LogP contribution in [0.25, 0.3) is 0 Å². The van der Waals surface area contributed by atoms with Gasteiger partial charge in [0.1, 0.15) is 24.9 Å². The van der Waals surface area contributed by atoms with Crippen molar-refractivity contribution in [3.05, 3.63) is 90.5 Å². The van der Waals surface area contributed by atoms with Crippen molar-refractivity contribution in [3.63, 3.8) is 0 Å². The molecule has 0 aromatic heterocycles. The first-order chi connectivity index (χ1) is 24.2. The molecular weight excluding hydrogens is 675 g/mol. The van der Waals surface area contributed by atoms with Crippen LogP contribution in [-0.4, -0.2) is 103 Å². The highest BCUT2D eigenvalue weighted by Gasteiger charge is 2.45. The van der Waals surface area contributed by atoms with E-state index in [4.69, 9.17) is 4.74 Å². The van der Waals surface area contributed by atoms with Crippen LogP contribution in [0.2, 0.25) is 0 Å². The van der Waals surface area contributed by atoms with Gasteiger partial charge in [-0.2, -0.15) is 4.31 Å². The summed E-state index contributed by atoms with van der Waals surface area (Å²) in [6.45, 7) is 6.00. The maximum absolute atomic E-state index is 14.1. The molecule has 3 aromatic carbocycles. The number of carbonyl (C=O) groups excluding carboxylic acids is 4. The lowest BCUT2D eigenvalue weighted by Crippen LogP contribution is -2.57. The smallest absolute Gasteiger partial charge is 0.328 e. The van der Waals surface area contributed by atoms with Crippen molar-refractivity contribution in [2.75, 3.05) is 38.6 Å². The van der Waals surface area contributed by atoms with E-state index in [9.17, 15) is 32.7 Å². The number of benzene rings is 3. The number of hydrogen-bond donors (Lipinski definition) is 3. The third-order valence-electron chi connectivity index (χ3n) is 8.43. The van der Waals surface area contributed by atoms with Crippen LogP contribution in [-0.2, 0) is 30.8 Å². The van der Waals surface area contributed by atoms with Gasteiger partial charge in [0.05, 0.1) is 24.2 Å². The minimum atomic E-state index is -4.07. The zero-order valence-corrected chi connectivity index (χ0v) is 30.4. The Morgan fingerprint density at radius 1 is 0.902 bits per heavy atom. The minimum absolute atomic E-state index is 0.0267. The number of nitrogens with one attached hydrogen (secondary N) is 2. The van der Waals surface area contributed by atoms with E-state index < -0.39 is 71.0 Å². The SMILES string of the molecule is COc1ccc(S(=O)(=O)N(CC(C)C)C[C@@H](O)[C@H](Cc2ccccc2)NC(=O)[C@H](C(C)C)N2CC(=O)N(CC(=O)Nc3ccccc3)C2=O)cc1. The molecule has 0 spiro atoms. The molecule has 3 aromatic rings. The van der Waals surface area contributed by atoms with Crippen LogP contribution < -0.4 is 15.4 Å². The summed E-state index contributed by atoms with van der Waals surface area (Å²) in [6, 6.07) is 20.8. The molecule has 3 N–H and O–H groups in total. The van der Waals surface area contributed by atoms with Crippen molar-refractivity contribution in [1.82, 2.24) is 19.4 Å². The van der Waals surface area contributed by atoms with Gasteiger partial charge >= 0.3 is 6.03 Å². The molecule has 1 aliphatic heterocycles.